The Morgan fingerprint density at radius 3 is 2.48 bits per heavy atom. The number of anilines is 2. The number of amides is 1. The topological polar surface area (TPSA) is 49.4 Å². The van der Waals surface area contributed by atoms with E-state index in [-0.39, 0.29) is 17.2 Å². The summed E-state index contributed by atoms with van der Waals surface area (Å²) < 4.78 is 0. The molecule has 158 valence electrons. The van der Waals surface area contributed by atoms with Crippen LogP contribution >= 0.6 is 23.1 Å². The van der Waals surface area contributed by atoms with Crippen LogP contribution in [-0.2, 0) is 12.8 Å². The third kappa shape index (κ3) is 4.02. The highest BCUT2D eigenvalue weighted by Crippen LogP contribution is 2.43. The smallest absolute Gasteiger partial charge is 0.263 e. The van der Waals surface area contributed by atoms with Crippen molar-refractivity contribution >= 4 is 45.5 Å². The Morgan fingerprint density at radius 1 is 1.00 bits per heavy atom. The molecule has 0 unspecified atom stereocenters. The van der Waals surface area contributed by atoms with Gasteiger partial charge in [0.25, 0.3) is 5.91 Å². The van der Waals surface area contributed by atoms with Gasteiger partial charge < -0.3 is 5.32 Å². The Labute approximate surface area is 190 Å². The van der Waals surface area contributed by atoms with Crippen molar-refractivity contribution in [2.75, 3.05) is 16.0 Å². The molecule has 1 aliphatic heterocycles. The second-order valence-electron chi connectivity index (χ2n) is 7.88. The van der Waals surface area contributed by atoms with Crippen molar-refractivity contribution in [3.05, 3.63) is 82.2 Å². The van der Waals surface area contributed by atoms with E-state index in [2.05, 4.69) is 5.32 Å². The summed E-state index contributed by atoms with van der Waals surface area (Å²) in [5, 5.41) is 4.56. The number of rotatable bonds is 5. The minimum Gasteiger partial charge on any atom is -0.347 e. The fourth-order valence-corrected chi connectivity index (χ4v) is 6.72. The first-order chi connectivity index (χ1) is 15.2. The molecule has 0 radical (unpaired) electrons. The molecule has 3 aromatic rings. The van der Waals surface area contributed by atoms with Crippen molar-refractivity contribution in [3.63, 3.8) is 0 Å². The Balaban J connectivity index is 1.46. The van der Waals surface area contributed by atoms with Crippen molar-refractivity contribution in [2.45, 2.75) is 37.6 Å². The zero-order valence-corrected chi connectivity index (χ0v) is 18.8. The van der Waals surface area contributed by atoms with Gasteiger partial charge in [0.15, 0.2) is 11.3 Å². The van der Waals surface area contributed by atoms with Gasteiger partial charge in [0, 0.05) is 16.1 Å². The summed E-state index contributed by atoms with van der Waals surface area (Å²) in [6.07, 6.45) is 5.57. The Morgan fingerprint density at radius 2 is 1.71 bits per heavy atom. The molecular formula is C25H24N2O2S2. The van der Waals surface area contributed by atoms with Gasteiger partial charge in [0.05, 0.1) is 11.3 Å². The van der Waals surface area contributed by atoms with Gasteiger partial charge in [-0.25, -0.2) is 0 Å². The van der Waals surface area contributed by atoms with Gasteiger partial charge in [0.1, 0.15) is 5.00 Å². The number of hydrogen-bond donors (Lipinski definition) is 1. The molecule has 0 fully saturated rings. The number of nitrogens with zero attached hydrogens (tertiary/aromatic N) is 1. The fourth-order valence-electron chi connectivity index (χ4n) is 4.29. The number of ketones is 1. The van der Waals surface area contributed by atoms with Gasteiger partial charge in [-0.05, 0) is 43.4 Å². The Bertz CT molecular complexity index is 1100. The molecule has 1 aliphatic carbocycles. The van der Waals surface area contributed by atoms with E-state index in [9.17, 15) is 9.59 Å². The minimum atomic E-state index is -0.322. The van der Waals surface area contributed by atoms with Gasteiger partial charge in [0.2, 0.25) is 0 Å². The first-order valence-corrected chi connectivity index (χ1v) is 12.6. The number of thiophene rings is 1. The number of para-hydroxylation sites is 1. The summed E-state index contributed by atoms with van der Waals surface area (Å²) in [5.74, 6) is 0.420. The summed E-state index contributed by atoms with van der Waals surface area (Å²) in [4.78, 5) is 29.7. The molecule has 4 nitrogen and oxygen atoms in total. The van der Waals surface area contributed by atoms with Crippen LogP contribution in [-0.4, -0.2) is 22.9 Å². The lowest BCUT2D eigenvalue weighted by Crippen LogP contribution is -2.47. The van der Waals surface area contributed by atoms with Crippen molar-refractivity contribution in [1.82, 2.24) is 0 Å². The molecule has 31 heavy (non-hydrogen) atoms. The van der Waals surface area contributed by atoms with E-state index in [1.165, 1.54) is 35.0 Å². The molecule has 2 heterocycles. The molecule has 6 heteroatoms. The van der Waals surface area contributed by atoms with Crippen LogP contribution in [0, 0.1) is 0 Å². The second-order valence-corrected chi connectivity index (χ2v) is 10.0. The first-order valence-electron chi connectivity index (χ1n) is 10.7. The number of fused-ring (bicyclic) bond motifs is 3. The van der Waals surface area contributed by atoms with Gasteiger partial charge >= 0.3 is 0 Å². The van der Waals surface area contributed by atoms with Crippen LogP contribution in [0.1, 0.15) is 50.4 Å². The van der Waals surface area contributed by atoms with E-state index in [1.807, 2.05) is 65.6 Å². The maximum absolute atomic E-state index is 13.8. The lowest BCUT2D eigenvalue weighted by molar-refractivity contribution is 0.0979. The van der Waals surface area contributed by atoms with E-state index in [1.54, 1.807) is 11.3 Å². The number of carbonyl (C=O) groups is 2. The first kappa shape index (κ1) is 20.3. The quantitative estimate of drug-likeness (QED) is 0.385. The zero-order valence-electron chi connectivity index (χ0n) is 17.2. The van der Waals surface area contributed by atoms with Crippen LogP contribution < -0.4 is 10.2 Å². The normalized spacial score (nSPS) is 18.0. The maximum Gasteiger partial charge on any atom is 0.263 e. The molecule has 5 rings (SSSR count). The monoisotopic (exact) mass is 448 g/mol. The predicted molar refractivity (Wildman–Crippen MR) is 129 cm³/mol. The van der Waals surface area contributed by atoms with Crippen molar-refractivity contribution in [3.8, 4) is 0 Å². The number of aryl methyl sites for hydroxylation is 1. The number of Topliss-reactive ketones (excluding diaryl/α,β-unsaturated/α-hetero) is 1. The van der Waals surface area contributed by atoms with Crippen LogP contribution in [0.2, 0.25) is 0 Å². The third-order valence-corrected chi connectivity index (χ3v) is 8.14. The molecule has 1 aromatic heterocycles. The van der Waals surface area contributed by atoms with Crippen molar-refractivity contribution < 1.29 is 9.59 Å². The molecule has 0 bridgehead atoms. The van der Waals surface area contributed by atoms with E-state index >= 15 is 0 Å². The fraction of sp³-hybridized carbons (Fsp3) is 0.280. The average molecular weight is 449 g/mol. The van der Waals surface area contributed by atoms with Crippen LogP contribution in [0.4, 0.5) is 10.7 Å². The highest BCUT2D eigenvalue weighted by atomic mass is 32.2. The van der Waals surface area contributed by atoms with Crippen molar-refractivity contribution in [2.24, 2.45) is 0 Å². The van der Waals surface area contributed by atoms with Crippen LogP contribution in [0.15, 0.2) is 60.7 Å². The summed E-state index contributed by atoms with van der Waals surface area (Å²) in [6.45, 7) is 0. The molecule has 1 amide bonds. The SMILES string of the molecule is O=C(CS[C@H]1Nc2sc3c(c2C(=O)N1c1ccccc1)CCCCC3)c1ccccc1. The Kier molecular flexibility index (Phi) is 5.83. The molecule has 2 aromatic carbocycles. The van der Waals surface area contributed by atoms with E-state index in [0.29, 0.717) is 11.3 Å². The summed E-state index contributed by atoms with van der Waals surface area (Å²) in [5.41, 5.74) is 3.31. The largest absolute Gasteiger partial charge is 0.347 e. The molecular weight excluding hydrogens is 424 g/mol. The summed E-state index contributed by atoms with van der Waals surface area (Å²) in [7, 11) is 0. The van der Waals surface area contributed by atoms with Gasteiger partial charge in [-0.3, -0.25) is 14.5 Å². The number of thioether (sulfide) groups is 1. The second kappa shape index (κ2) is 8.89. The number of carbonyl (C=O) groups excluding carboxylic acids is 2. The number of nitrogens with one attached hydrogen (secondary N) is 1. The number of benzene rings is 2. The van der Waals surface area contributed by atoms with Crippen LogP contribution in [0.25, 0.3) is 0 Å². The molecule has 1 N–H and O–H groups in total. The molecule has 0 spiro atoms. The zero-order chi connectivity index (χ0) is 21.2. The predicted octanol–water partition coefficient (Wildman–Crippen LogP) is 5.99. The highest BCUT2D eigenvalue weighted by Gasteiger charge is 2.38. The van der Waals surface area contributed by atoms with Crippen LogP contribution in [0.3, 0.4) is 0 Å². The lowest BCUT2D eigenvalue weighted by atomic mass is 10.0. The molecule has 0 saturated heterocycles. The van der Waals surface area contributed by atoms with Crippen molar-refractivity contribution in [1.29, 1.82) is 0 Å². The van der Waals surface area contributed by atoms with E-state index < -0.39 is 0 Å². The average Bonchev–Trinajstić information content (AvgIpc) is 3.00. The lowest BCUT2D eigenvalue weighted by Gasteiger charge is -2.36. The van der Waals surface area contributed by atoms with Gasteiger partial charge in [-0.1, -0.05) is 55.0 Å². The number of hydrogen-bond acceptors (Lipinski definition) is 5. The molecule has 1 atom stereocenters. The van der Waals surface area contributed by atoms with E-state index in [4.69, 9.17) is 0 Å². The van der Waals surface area contributed by atoms with Gasteiger partial charge in [-0.2, -0.15) is 0 Å². The summed E-state index contributed by atoms with van der Waals surface area (Å²) in [6, 6.07) is 19.1. The highest BCUT2D eigenvalue weighted by molar-refractivity contribution is 8.00. The Hall–Kier alpha value is -2.57. The van der Waals surface area contributed by atoms with Crippen LogP contribution in [0.5, 0.6) is 0 Å². The standard InChI is InChI=1S/C25H24N2O2S2/c28-20(17-10-4-1-5-11-17)16-30-25-26-23-22(19-14-8-3-9-15-21(19)31-23)24(29)27(25)18-12-6-2-7-13-18/h1-2,4-7,10-13,25-26H,3,8-9,14-16H2/t25-/m0/s1. The summed E-state index contributed by atoms with van der Waals surface area (Å²) >= 11 is 3.20. The van der Waals surface area contributed by atoms with Gasteiger partial charge in [-0.15, -0.1) is 23.1 Å². The minimum absolute atomic E-state index is 0.0454. The third-order valence-electron chi connectivity index (χ3n) is 5.85. The molecule has 0 saturated carbocycles. The molecule has 2 aliphatic rings. The van der Waals surface area contributed by atoms with E-state index in [0.717, 1.165) is 35.5 Å². The maximum atomic E-state index is 13.8.